The monoisotopic (exact) mass is 475 g/mol. The van der Waals surface area contributed by atoms with Crippen molar-refractivity contribution < 1.29 is 9.53 Å². The number of carbonyl (C=O) groups excluding carboxylic acids is 1. The smallest absolute Gasteiger partial charge is 0.251 e. The van der Waals surface area contributed by atoms with Crippen molar-refractivity contribution in [1.82, 2.24) is 15.1 Å². The van der Waals surface area contributed by atoms with Gasteiger partial charge in [0.05, 0.1) is 30.9 Å². The van der Waals surface area contributed by atoms with Gasteiger partial charge < -0.3 is 10.1 Å². The van der Waals surface area contributed by atoms with Crippen LogP contribution in [0.5, 0.6) is 5.75 Å². The van der Waals surface area contributed by atoms with E-state index in [0.29, 0.717) is 12.1 Å². The van der Waals surface area contributed by atoms with E-state index in [-0.39, 0.29) is 11.9 Å². The van der Waals surface area contributed by atoms with Crippen LogP contribution in [0.3, 0.4) is 0 Å². The molecule has 0 unspecified atom stereocenters. The first kappa shape index (κ1) is 23.4. The summed E-state index contributed by atoms with van der Waals surface area (Å²) in [6, 6.07) is 32.3. The molecule has 0 spiro atoms. The average molecular weight is 476 g/mol. The van der Waals surface area contributed by atoms with Crippen LogP contribution in [-0.2, 0) is 6.54 Å². The molecule has 0 radical (unpaired) electrons. The third-order valence-corrected chi connectivity index (χ3v) is 6.53. The lowest BCUT2D eigenvalue weighted by Gasteiger charge is -2.15. The van der Waals surface area contributed by atoms with Crippen molar-refractivity contribution in [2.45, 2.75) is 26.4 Å². The van der Waals surface area contributed by atoms with Gasteiger partial charge in [-0.05, 0) is 66.4 Å². The average Bonchev–Trinajstić information content (AvgIpc) is 3.23. The van der Waals surface area contributed by atoms with E-state index in [9.17, 15) is 4.79 Å². The second-order valence-electron chi connectivity index (χ2n) is 9.01. The summed E-state index contributed by atoms with van der Waals surface area (Å²) in [6.07, 6.45) is 0. The molecule has 1 amide bonds. The Bertz CT molecular complexity index is 1500. The Kier molecular flexibility index (Phi) is 6.54. The second kappa shape index (κ2) is 10.1. The van der Waals surface area contributed by atoms with E-state index in [0.717, 1.165) is 27.9 Å². The molecule has 0 fully saturated rings. The summed E-state index contributed by atoms with van der Waals surface area (Å²) in [5.41, 5.74) is 7.10. The van der Waals surface area contributed by atoms with Crippen molar-refractivity contribution in [3.63, 3.8) is 0 Å². The summed E-state index contributed by atoms with van der Waals surface area (Å²) < 4.78 is 7.31. The van der Waals surface area contributed by atoms with Gasteiger partial charge >= 0.3 is 0 Å². The topological polar surface area (TPSA) is 56.1 Å². The van der Waals surface area contributed by atoms with Gasteiger partial charge in [0.25, 0.3) is 5.91 Å². The van der Waals surface area contributed by atoms with E-state index in [1.807, 2.05) is 67.1 Å². The highest BCUT2D eigenvalue weighted by Gasteiger charge is 2.15. The zero-order valence-electron chi connectivity index (χ0n) is 20.7. The van der Waals surface area contributed by atoms with Gasteiger partial charge in [0.15, 0.2) is 0 Å². The number of benzene rings is 4. The number of hydrogen-bond donors (Lipinski definition) is 1. The molecule has 1 N–H and O–H groups in total. The predicted octanol–water partition coefficient (Wildman–Crippen LogP) is 6.56. The molecule has 0 saturated heterocycles. The highest BCUT2D eigenvalue weighted by Crippen LogP contribution is 2.24. The van der Waals surface area contributed by atoms with Gasteiger partial charge in [-0.1, -0.05) is 66.7 Å². The Morgan fingerprint density at radius 1 is 0.917 bits per heavy atom. The van der Waals surface area contributed by atoms with E-state index < -0.39 is 0 Å². The van der Waals surface area contributed by atoms with Crippen LogP contribution in [0, 0.1) is 6.92 Å². The fourth-order valence-corrected chi connectivity index (χ4v) is 4.48. The van der Waals surface area contributed by atoms with Crippen molar-refractivity contribution in [3.8, 4) is 16.9 Å². The number of nitrogens with zero attached hydrogens (tertiary/aromatic N) is 2. The van der Waals surface area contributed by atoms with Gasteiger partial charge in [0.1, 0.15) is 5.75 Å². The molecule has 1 atom stereocenters. The fraction of sp³-hybridized carbons (Fsp3) is 0.161. The predicted molar refractivity (Wildman–Crippen MR) is 144 cm³/mol. The molecule has 0 aliphatic rings. The number of rotatable bonds is 7. The molecular formula is C31H29N3O2. The molecule has 1 heterocycles. The van der Waals surface area contributed by atoms with Gasteiger partial charge in [-0.15, -0.1) is 0 Å². The van der Waals surface area contributed by atoms with Gasteiger partial charge in [-0.2, -0.15) is 5.10 Å². The third kappa shape index (κ3) is 4.86. The summed E-state index contributed by atoms with van der Waals surface area (Å²) in [5.74, 6) is 0.656. The maximum absolute atomic E-state index is 13.0. The lowest BCUT2D eigenvalue weighted by Crippen LogP contribution is -2.26. The van der Waals surface area contributed by atoms with E-state index in [1.54, 1.807) is 7.11 Å². The number of aryl methyl sites for hydroxylation is 1. The van der Waals surface area contributed by atoms with E-state index in [1.165, 1.54) is 16.7 Å². The lowest BCUT2D eigenvalue weighted by molar-refractivity contribution is 0.0940. The molecule has 5 aromatic rings. The number of ether oxygens (including phenoxy) is 1. The van der Waals surface area contributed by atoms with Crippen molar-refractivity contribution in [3.05, 3.63) is 119 Å². The van der Waals surface area contributed by atoms with Gasteiger partial charge in [-0.25, -0.2) is 0 Å². The van der Waals surface area contributed by atoms with E-state index in [2.05, 4.69) is 53.8 Å². The Hall–Kier alpha value is -4.38. The van der Waals surface area contributed by atoms with Crippen molar-refractivity contribution >= 4 is 16.8 Å². The number of fused-ring (bicyclic) bond motifs is 1. The van der Waals surface area contributed by atoms with Gasteiger partial charge in [0.2, 0.25) is 0 Å². The molecule has 0 aliphatic carbocycles. The van der Waals surface area contributed by atoms with Crippen LogP contribution in [0.25, 0.3) is 22.0 Å². The number of methoxy groups -OCH3 is 1. The minimum absolute atomic E-state index is 0.115. The first-order chi connectivity index (χ1) is 17.5. The first-order valence-electron chi connectivity index (χ1n) is 12.1. The molecule has 36 heavy (non-hydrogen) atoms. The summed E-state index contributed by atoms with van der Waals surface area (Å²) >= 11 is 0. The highest BCUT2D eigenvalue weighted by molar-refractivity contribution is 5.98. The summed E-state index contributed by atoms with van der Waals surface area (Å²) in [5, 5.41) is 8.84. The van der Waals surface area contributed by atoms with E-state index >= 15 is 0 Å². The maximum Gasteiger partial charge on any atom is 0.251 e. The minimum Gasteiger partial charge on any atom is -0.497 e. The van der Waals surface area contributed by atoms with Crippen LogP contribution in [-0.4, -0.2) is 22.8 Å². The molecule has 5 heteroatoms. The zero-order chi connectivity index (χ0) is 25.1. The Balaban J connectivity index is 1.33. The molecule has 5 nitrogen and oxygen atoms in total. The molecular weight excluding hydrogens is 446 g/mol. The minimum atomic E-state index is -0.147. The van der Waals surface area contributed by atoms with Crippen molar-refractivity contribution in [2.75, 3.05) is 7.11 Å². The molecule has 1 aromatic heterocycles. The maximum atomic E-state index is 13.0. The molecule has 4 aromatic carbocycles. The molecule has 180 valence electrons. The Morgan fingerprint density at radius 2 is 1.67 bits per heavy atom. The fourth-order valence-electron chi connectivity index (χ4n) is 4.48. The first-order valence-corrected chi connectivity index (χ1v) is 12.1. The van der Waals surface area contributed by atoms with Crippen molar-refractivity contribution in [1.29, 1.82) is 0 Å². The number of hydrogen-bond acceptors (Lipinski definition) is 3. The van der Waals surface area contributed by atoms with Crippen LogP contribution < -0.4 is 10.1 Å². The van der Waals surface area contributed by atoms with Crippen LogP contribution in [0.2, 0.25) is 0 Å². The van der Waals surface area contributed by atoms with Crippen LogP contribution in [0.4, 0.5) is 0 Å². The Labute approximate surface area is 211 Å². The number of nitrogens with one attached hydrogen (secondary N) is 1. The standard InChI is InChI=1S/C31H29N3O2/c1-21(26-10-7-11-28(18-26)36-3)32-31(35)27-16-17-30-29(19-27)22(2)33-34(30)20-23-12-14-25(15-13-23)24-8-5-4-6-9-24/h4-19,21H,20H2,1-3H3,(H,32,35)/t21-/m0/s1. The normalized spacial score (nSPS) is 11.9. The second-order valence-corrected chi connectivity index (χ2v) is 9.01. The molecule has 0 bridgehead atoms. The van der Waals surface area contributed by atoms with E-state index in [4.69, 9.17) is 9.84 Å². The number of amides is 1. The van der Waals surface area contributed by atoms with Crippen LogP contribution >= 0.6 is 0 Å². The van der Waals surface area contributed by atoms with Crippen LogP contribution in [0.1, 0.15) is 40.1 Å². The van der Waals surface area contributed by atoms with Gasteiger partial charge in [0, 0.05) is 10.9 Å². The molecule has 5 rings (SSSR count). The molecule has 0 aliphatic heterocycles. The third-order valence-electron chi connectivity index (χ3n) is 6.53. The van der Waals surface area contributed by atoms with Crippen molar-refractivity contribution in [2.24, 2.45) is 0 Å². The summed E-state index contributed by atoms with van der Waals surface area (Å²) in [6.45, 7) is 4.62. The Morgan fingerprint density at radius 3 is 2.42 bits per heavy atom. The zero-order valence-corrected chi connectivity index (χ0v) is 20.7. The quantitative estimate of drug-likeness (QED) is 0.290. The molecule has 0 saturated carbocycles. The highest BCUT2D eigenvalue weighted by atomic mass is 16.5. The number of aromatic nitrogens is 2. The summed E-state index contributed by atoms with van der Waals surface area (Å²) in [7, 11) is 1.64. The summed E-state index contributed by atoms with van der Waals surface area (Å²) in [4.78, 5) is 13.0. The SMILES string of the molecule is COc1cccc([C@H](C)NC(=O)c2ccc3c(c2)c(C)nn3Cc2ccc(-c3ccccc3)cc2)c1. The van der Waals surface area contributed by atoms with Gasteiger partial charge in [-0.3, -0.25) is 9.48 Å². The largest absolute Gasteiger partial charge is 0.497 e. The number of carbonyl (C=O) groups is 1. The lowest BCUT2D eigenvalue weighted by atomic mass is 10.0. The van der Waals surface area contributed by atoms with Crippen LogP contribution in [0.15, 0.2) is 97.1 Å².